The summed E-state index contributed by atoms with van der Waals surface area (Å²) in [5.74, 6) is 0. The minimum Gasteiger partial charge on any atom is -0.389 e. The second kappa shape index (κ2) is 7.54. The molecule has 31 heavy (non-hydrogen) atoms. The Morgan fingerprint density at radius 3 is 2.77 bits per heavy atom. The van der Waals surface area contributed by atoms with Gasteiger partial charge >= 0.3 is 6.18 Å². The van der Waals surface area contributed by atoms with Crippen LogP contribution in [0.15, 0.2) is 43.0 Å². The molecule has 2 N–H and O–H groups in total. The number of imidazole rings is 1. The molecule has 1 saturated carbocycles. The lowest BCUT2D eigenvalue weighted by Crippen LogP contribution is -2.33. The van der Waals surface area contributed by atoms with E-state index >= 15 is 0 Å². The standard InChI is InChI=1S/C22H19F3N6/c1-14-8-17(16(10-26)12-28-13-21(3-4-21)22(23,24)25)20(30-18(14)11-27)15-2-6-31-7-5-29-19(31)9-15/h2,5-10,12,26,28H,3-4,13H2,1H3/b16-12+,26-10?. The molecule has 0 aromatic carbocycles. The first-order chi connectivity index (χ1) is 14.8. The molecule has 4 rings (SSSR count). The van der Waals surface area contributed by atoms with E-state index in [2.05, 4.69) is 21.4 Å². The summed E-state index contributed by atoms with van der Waals surface area (Å²) in [6.07, 6.45) is 3.69. The summed E-state index contributed by atoms with van der Waals surface area (Å²) in [6, 6.07) is 7.41. The fourth-order valence-electron chi connectivity index (χ4n) is 3.49. The summed E-state index contributed by atoms with van der Waals surface area (Å²) in [7, 11) is 0. The van der Waals surface area contributed by atoms with E-state index in [1.54, 1.807) is 37.6 Å². The molecule has 3 aromatic rings. The molecule has 3 heterocycles. The fourth-order valence-corrected chi connectivity index (χ4v) is 3.49. The maximum Gasteiger partial charge on any atom is 0.396 e. The maximum absolute atomic E-state index is 13.2. The summed E-state index contributed by atoms with van der Waals surface area (Å²) in [5, 5.41) is 20.0. The third kappa shape index (κ3) is 3.77. The van der Waals surface area contributed by atoms with Crippen LogP contribution in [0.25, 0.3) is 22.5 Å². The summed E-state index contributed by atoms with van der Waals surface area (Å²) in [6.45, 7) is 1.49. The van der Waals surface area contributed by atoms with Gasteiger partial charge in [-0.3, -0.25) is 0 Å². The molecule has 3 aromatic heterocycles. The zero-order valence-electron chi connectivity index (χ0n) is 16.7. The predicted octanol–water partition coefficient (Wildman–Crippen LogP) is 4.50. The number of hydrogen-bond donors (Lipinski definition) is 2. The number of fused-ring (bicyclic) bond motifs is 1. The number of hydrogen-bond acceptors (Lipinski definition) is 5. The monoisotopic (exact) mass is 424 g/mol. The van der Waals surface area contributed by atoms with Crippen molar-refractivity contribution < 1.29 is 13.2 Å². The number of nitrogens with zero attached hydrogens (tertiary/aromatic N) is 4. The van der Waals surface area contributed by atoms with Crippen LogP contribution >= 0.6 is 0 Å². The molecule has 1 aliphatic rings. The van der Waals surface area contributed by atoms with Crippen LogP contribution in [0.5, 0.6) is 0 Å². The third-order valence-corrected chi connectivity index (χ3v) is 5.61. The van der Waals surface area contributed by atoms with Crippen molar-refractivity contribution in [2.24, 2.45) is 5.41 Å². The van der Waals surface area contributed by atoms with Gasteiger partial charge in [0.2, 0.25) is 0 Å². The van der Waals surface area contributed by atoms with Gasteiger partial charge in [-0.15, -0.1) is 0 Å². The molecule has 0 bridgehead atoms. The molecule has 6 nitrogen and oxygen atoms in total. The van der Waals surface area contributed by atoms with Crippen molar-refractivity contribution in [2.45, 2.75) is 25.9 Å². The summed E-state index contributed by atoms with van der Waals surface area (Å²) >= 11 is 0. The van der Waals surface area contributed by atoms with Crippen LogP contribution in [0.3, 0.4) is 0 Å². The number of rotatable bonds is 6. The van der Waals surface area contributed by atoms with Gasteiger partial charge in [-0.1, -0.05) is 0 Å². The second-order valence-electron chi connectivity index (χ2n) is 7.67. The van der Waals surface area contributed by atoms with E-state index in [0.717, 1.165) is 6.21 Å². The van der Waals surface area contributed by atoms with Gasteiger partial charge in [0.25, 0.3) is 0 Å². The molecule has 158 valence electrons. The number of halogens is 3. The molecule has 0 spiro atoms. The van der Waals surface area contributed by atoms with Crippen LogP contribution in [0, 0.1) is 29.1 Å². The highest BCUT2D eigenvalue weighted by atomic mass is 19.4. The normalized spacial score (nSPS) is 15.5. The second-order valence-corrected chi connectivity index (χ2v) is 7.67. The first-order valence-electron chi connectivity index (χ1n) is 9.64. The molecule has 0 radical (unpaired) electrons. The summed E-state index contributed by atoms with van der Waals surface area (Å²) in [5.41, 5.74) is 1.92. The SMILES string of the molecule is Cc1cc(/C(C=N)=C/NCC2(C(F)(F)F)CC2)c(-c2ccn3ccnc3c2)nc1C#N. The highest BCUT2D eigenvalue weighted by Gasteiger charge is 2.62. The number of allylic oxidation sites excluding steroid dienone is 1. The molecule has 1 fully saturated rings. The van der Waals surface area contributed by atoms with Gasteiger partial charge in [0.05, 0.1) is 11.1 Å². The van der Waals surface area contributed by atoms with Crippen molar-refractivity contribution in [3.63, 3.8) is 0 Å². The predicted molar refractivity (Wildman–Crippen MR) is 110 cm³/mol. The van der Waals surface area contributed by atoms with E-state index in [1.165, 1.54) is 6.20 Å². The molecule has 0 saturated heterocycles. The lowest BCUT2D eigenvalue weighted by molar-refractivity contribution is -0.184. The Labute approximate surface area is 176 Å². The van der Waals surface area contributed by atoms with Crippen LogP contribution in [0.1, 0.15) is 29.7 Å². The van der Waals surface area contributed by atoms with Crippen molar-refractivity contribution in [1.29, 1.82) is 10.7 Å². The highest BCUT2D eigenvalue weighted by molar-refractivity contribution is 6.10. The van der Waals surface area contributed by atoms with E-state index in [0.29, 0.717) is 33.6 Å². The maximum atomic E-state index is 13.2. The van der Waals surface area contributed by atoms with Crippen LogP contribution in [0.2, 0.25) is 0 Å². The molecule has 0 atom stereocenters. The van der Waals surface area contributed by atoms with Gasteiger partial charge in [-0.2, -0.15) is 18.4 Å². The number of alkyl halides is 3. The Hall–Kier alpha value is -3.67. The van der Waals surface area contributed by atoms with E-state index in [4.69, 9.17) is 5.41 Å². The lowest BCUT2D eigenvalue weighted by Gasteiger charge is -2.19. The number of nitriles is 1. The van der Waals surface area contributed by atoms with Crippen molar-refractivity contribution in [3.8, 4) is 17.3 Å². The Balaban J connectivity index is 1.74. The average molecular weight is 424 g/mol. The average Bonchev–Trinajstić information content (AvgIpc) is 3.40. The van der Waals surface area contributed by atoms with E-state index in [1.807, 2.05) is 10.5 Å². The van der Waals surface area contributed by atoms with Gasteiger partial charge in [0.1, 0.15) is 17.4 Å². The van der Waals surface area contributed by atoms with Gasteiger partial charge in [-0.25, -0.2) is 9.97 Å². The third-order valence-electron chi connectivity index (χ3n) is 5.61. The first kappa shape index (κ1) is 20.6. The molecular formula is C22H19F3N6. The van der Waals surface area contributed by atoms with Crippen LogP contribution in [-0.2, 0) is 0 Å². The van der Waals surface area contributed by atoms with E-state index < -0.39 is 11.6 Å². The zero-order chi connectivity index (χ0) is 22.2. The first-order valence-corrected chi connectivity index (χ1v) is 9.64. The molecule has 0 aliphatic heterocycles. The smallest absolute Gasteiger partial charge is 0.389 e. The van der Waals surface area contributed by atoms with E-state index in [-0.39, 0.29) is 25.1 Å². The molecule has 1 aliphatic carbocycles. The molecule has 9 heteroatoms. The minimum atomic E-state index is -4.25. The number of aromatic nitrogens is 3. The fraction of sp³-hybridized carbons (Fsp3) is 0.273. The van der Waals surface area contributed by atoms with Gasteiger partial charge in [0.15, 0.2) is 0 Å². The van der Waals surface area contributed by atoms with Crippen molar-refractivity contribution >= 4 is 17.4 Å². The number of pyridine rings is 2. The Morgan fingerprint density at radius 2 is 2.13 bits per heavy atom. The van der Waals surface area contributed by atoms with Crippen molar-refractivity contribution in [3.05, 3.63) is 59.8 Å². The molecule has 0 unspecified atom stereocenters. The van der Waals surface area contributed by atoms with Gasteiger partial charge in [-0.05, 0) is 43.5 Å². The van der Waals surface area contributed by atoms with Crippen molar-refractivity contribution in [1.82, 2.24) is 19.7 Å². The van der Waals surface area contributed by atoms with Crippen LogP contribution < -0.4 is 5.32 Å². The Kier molecular flexibility index (Phi) is 5.01. The largest absolute Gasteiger partial charge is 0.396 e. The summed E-state index contributed by atoms with van der Waals surface area (Å²) < 4.78 is 41.4. The van der Waals surface area contributed by atoms with Crippen molar-refractivity contribution in [2.75, 3.05) is 6.54 Å². The van der Waals surface area contributed by atoms with Gasteiger partial charge < -0.3 is 15.1 Å². The number of aryl methyl sites for hydroxylation is 1. The van der Waals surface area contributed by atoms with Crippen LogP contribution in [-0.4, -0.2) is 33.3 Å². The highest BCUT2D eigenvalue weighted by Crippen LogP contribution is 2.57. The Bertz CT molecular complexity index is 1230. The topological polar surface area (TPSA) is 89.9 Å². The lowest BCUT2D eigenvalue weighted by atomic mass is 9.98. The number of nitrogens with one attached hydrogen (secondary N) is 2. The molecular weight excluding hydrogens is 405 g/mol. The minimum absolute atomic E-state index is 0.102. The quantitative estimate of drug-likeness (QED) is 0.570. The summed E-state index contributed by atoms with van der Waals surface area (Å²) in [4.78, 5) is 8.74. The van der Waals surface area contributed by atoms with Crippen LogP contribution in [0.4, 0.5) is 13.2 Å². The molecule has 0 amide bonds. The Morgan fingerprint density at radius 1 is 1.35 bits per heavy atom. The zero-order valence-corrected chi connectivity index (χ0v) is 16.7. The van der Waals surface area contributed by atoms with E-state index in [9.17, 15) is 18.4 Å². The van der Waals surface area contributed by atoms with Gasteiger partial charge in [0, 0.05) is 54.2 Å².